The van der Waals surface area contributed by atoms with Crippen molar-refractivity contribution in [2.24, 2.45) is 0 Å². The van der Waals surface area contributed by atoms with Crippen LogP contribution in [0, 0.1) is 0 Å². The summed E-state index contributed by atoms with van der Waals surface area (Å²) in [5, 5.41) is 13.0. The molecular weight excluding hydrogens is 512 g/mol. The molecule has 1 aliphatic heterocycles. The Bertz CT molecular complexity index is 1210. The van der Waals surface area contributed by atoms with Crippen LogP contribution in [0.1, 0.15) is 39.8 Å². The number of alkyl halides is 1. The zero-order valence-corrected chi connectivity index (χ0v) is 21.5. The van der Waals surface area contributed by atoms with Crippen LogP contribution in [0.4, 0.5) is 4.39 Å². The number of aromatic amines is 1. The molecule has 2 heterocycles. The Labute approximate surface area is 212 Å². The van der Waals surface area contributed by atoms with Gasteiger partial charge in [-0.05, 0) is 45.7 Å². The molecule has 2 aromatic rings. The normalized spacial score (nSPS) is 24.6. The molecule has 6 atom stereocenters. The van der Waals surface area contributed by atoms with Crippen molar-refractivity contribution in [3.05, 3.63) is 63.4 Å². The minimum absolute atomic E-state index is 0.00911. The molecule has 1 fully saturated rings. The molecule has 204 valence electrons. The lowest BCUT2D eigenvalue weighted by Gasteiger charge is -2.28. The average molecular weight is 543 g/mol. The van der Waals surface area contributed by atoms with E-state index in [1.165, 1.54) is 25.3 Å². The summed E-state index contributed by atoms with van der Waals surface area (Å²) in [6.07, 6.45) is -5.21. The molecule has 1 aliphatic rings. The molecule has 3 rings (SSSR count). The van der Waals surface area contributed by atoms with Gasteiger partial charge < -0.3 is 19.1 Å². The number of para-hydroxylation sites is 1. The van der Waals surface area contributed by atoms with Crippen molar-refractivity contribution >= 4 is 13.7 Å². The van der Waals surface area contributed by atoms with E-state index in [-0.39, 0.29) is 18.6 Å². The predicted molar refractivity (Wildman–Crippen MR) is 130 cm³/mol. The van der Waals surface area contributed by atoms with Gasteiger partial charge in [-0.3, -0.25) is 23.7 Å². The monoisotopic (exact) mass is 543 g/mol. The van der Waals surface area contributed by atoms with E-state index >= 15 is 0 Å². The minimum Gasteiger partial charge on any atom is -0.462 e. The van der Waals surface area contributed by atoms with Crippen molar-refractivity contribution in [1.82, 2.24) is 14.6 Å². The van der Waals surface area contributed by atoms with Gasteiger partial charge in [-0.25, -0.2) is 13.8 Å². The number of carbonyl (C=O) groups excluding carboxylic acids is 1. The maximum atomic E-state index is 14.6. The highest BCUT2D eigenvalue weighted by Gasteiger charge is 2.39. The fourth-order valence-corrected chi connectivity index (χ4v) is 5.06. The first kappa shape index (κ1) is 28.7. The van der Waals surface area contributed by atoms with E-state index in [4.69, 9.17) is 18.5 Å². The number of hydrogen-bond acceptors (Lipinski definition) is 9. The summed E-state index contributed by atoms with van der Waals surface area (Å²) in [5.74, 6) is -0.548. The molecule has 0 bridgehead atoms. The standard InChI is InChI=1S/C23H31FN3O9P/c1-14(2)34-22(30)15(3)26-37(32,36-16-7-5-4-6-8-16)33-13-18-21(29)17(24)9-10-20(35-18)27-12-11-19(28)25-23(27)31/h4-8,11-12,14-15,17-18,20-21,29H,9-10,13H2,1-3H3,(H,26,32)(H,25,28,31)/t15-,17-,18+,20+,21-,37-/m0/s1. The van der Waals surface area contributed by atoms with E-state index < -0.39 is 68.3 Å². The van der Waals surface area contributed by atoms with Crippen molar-refractivity contribution in [2.45, 2.75) is 70.4 Å². The summed E-state index contributed by atoms with van der Waals surface area (Å²) in [7, 11) is -4.31. The van der Waals surface area contributed by atoms with Crippen LogP contribution in [-0.2, 0) is 23.4 Å². The van der Waals surface area contributed by atoms with E-state index in [1.807, 2.05) is 0 Å². The maximum absolute atomic E-state index is 14.6. The number of aliphatic hydroxyl groups is 1. The van der Waals surface area contributed by atoms with Gasteiger partial charge in [0.2, 0.25) is 0 Å². The number of carbonyl (C=O) groups is 1. The number of halogens is 1. The molecule has 1 aromatic heterocycles. The number of benzene rings is 1. The summed E-state index contributed by atoms with van der Waals surface area (Å²) in [6.45, 7) is 4.09. The summed E-state index contributed by atoms with van der Waals surface area (Å²) in [4.78, 5) is 38.0. The summed E-state index contributed by atoms with van der Waals surface area (Å²) in [5.41, 5.74) is -1.39. The van der Waals surface area contributed by atoms with Crippen molar-refractivity contribution in [3.63, 3.8) is 0 Å². The van der Waals surface area contributed by atoms with Crippen molar-refractivity contribution in [1.29, 1.82) is 0 Å². The smallest absolute Gasteiger partial charge is 0.459 e. The first-order valence-electron chi connectivity index (χ1n) is 11.7. The van der Waals surface area contributed by atoms with Gasteiger partial charge in [-0.15, -0.1) is 0 Å². The molecule has 0 aliphatic carbocycles. The van der Waals surface area contributed by atoms with Crippen molar-refractivity contribution in [3.8, 4) is 5.75 Å². The van der Waals surface area contributed by atoms with Crippen LogP contribution in [0.3, 0.4) is 0 Å². The molecule has 3 N–H and O–H groups in total. The fraction of sp³-hybridized carbons (Fsp3) is 0.522. The molecule has 0 amide bonds. The minimum atomic E-state index is -4.31. The highest BCUT2D eigenvalue weighted by Crippen LogP contribution is 2.45. The average Bonchev–Trinajstić information content (AvgIpc) is 2.96. The third-order valence-corrected chi connectivity index (χ3v) is 7.01. The predicted octanol–water partition coefficient (Wildman–Crippen LogP) is 2.05. The largest absolute Gasteiger partial charge is 0.462 e. The molecule has 0 saturated carbocycles. The first-order valence-corrected chi connectivity index (χ1v) is 13.3. The molecular formula is C23H31FN3O9P. The van der Waals surface area contributed by atoms with Crippen LogP contribution in [0.2, 0.25) is 0 Å². The number of aliphatic hydroxyl groups excluding tert-OH is 1. The number of esters is 1. The number of hydrogen-bond donors (Lipinski definition) is 3. The fourth-order valence-electron chi connectivity index (χ4n) is 3.56. The number of ether oxygens (including phenoxy) is 2. The van der Waals surface area contributed by atoms with Crippen LogP contribution in [-0.4, -0.2) is 57.8 Å². The van der Waals surface area contributed by atoms with Gasteiger partial charge in [0.15, 0.2) is 0 Å². The molecule has 12 nitrogen and oxygen atoms in total. The zero-order chi connectivity index (χ0) is 27.2. The molecule has 1 saturated heterocycles. The van der Waals surface area contributed by atoms with Gasteiger partial charge >= 0.3 is 19.4 Å². The summed E-state index contributed by atoms with van der Waals surface area (Å²) >= 11 is 0. The van der Waals surface area contributed by atoms with E-state index in [1.54, 1.807) is 32.0 Å². The summed E-state index contributed by atoms with van der Waals surface area (Å²) < 4.78 is 51.3. The molecule has 0 radical (unpaired) electrons. The lowest BCUT2D eigenvalue weighted by atomic mass is 10.1. The number of nitrogens with one attached hydrogen (secondary N) is 2. The quantitative estimate of drug-likeness (QED) is 0.299. The van der Waals surface area contributed by atoms with Gasteiger partial charge in [0.1, 0.15) is 36.4 Å². The second kappa shape index (κ2) is 12.6. The van der Waals surface area contributed by atoms with E-state index in [9.17, 15) is 28.4 Å². The Hall–Kier alpha value is -2.83. The molecule has 1 aromatic carbocycles. The Balaban J connectivity index is 1.81. The Morgan fingerprint density at radius 3 is 2.59 bits per heavy atom. The molecule has 14 heteroatoms. The SMILES string of the molecule is CC(C)OC(=O)[C@H](C)N[P@](=O)(OC[C@H]1O[C@@H](n2ccc(=O)[nH]c2=O)CC[C@H](F)[C@@H]1O)Oc1ccccc1. The number of aromatic nitrogens is 2. The van der Waals surface area contributed by atoms with Gasteiger partial charge in [0.25, 0.3) is 5.56 Å². The van der Waals surface area contributed by atoms with Gasteiger partial charge in [-0.1, -0.05) is 18.2 Å². The van der Waals surface area contributed by atoms with Crippen molar-refractivity contribution < 1.29 is 37.4 Å². The van der Waals surface area contributed by atoms with Crippen LogP contribution >= 0.6 is 7.75 Å². The third kappa shape index (κ3) is 8.08. The number of H-pyrrole nitrogens is 1. The maximum Gasteiger partial charge on any atom is 0.459 e. The van der Waals surface area contributed by atoms with Gasteiger partial charge in [0.05, 0.1) is 12.7 Å². The van der Waals surface area contributed by atoms with Crippen LogP contribution in [0.5, 0.6) is 5.75 Å². The van der Waals surface area contributed by atoms with E-state index in [0.717, 1.165) is 10.6 Å². The summed E-state index contributed by atoms with van der Waals surface area (Å²) in [6, 6.07) is 8.00. The first-order chi connectivity index (χ1) is 17.5. The lowest BCUT2D eigenvalue weighted by Crippen LogP contribution is -2.41. The highest BCUT2D eigenvalue weighted by molar-refractivity contribution is 7.52. The zero-order valence-electron chi connectivity index (χ0n) is 20.6. The topological polar surface area (TPSA) is 158 Å². The lowest BCUT2D eigenvalue weighted by molar-refractivity contribution is -0.149. The van der Waals surface area contributed by atoms with Gasteiger partial charge in [0, 0.05) is 12.3 Å². The van der Waals surface area contributed by atoms with E-state index in [0.29, 0.717) is 0 Å². The van der Waals surface area contributed by atoms with Crippen LogP contribution < -0.4 is 20.9 Å². The number of nitrogens with zero attached hydrogens (tertiary/aromatic N) is 1. The van der Waals surface area contributed by atoms with Crippen molar-refractivity contribution in [2.75, 3.05) is 6.61 Å². The van der Waals surface area contributed by atoms with E-state index in [2.05, 4.69) is 10.1 Å². The Morgan fingerprint density at radius 2 is 1.95 bits per heavy atom. The highest BCUT2D eigenvalue weighted by atomic mass is 31.2. The Kier molecular flexibility index (Phi) is 9.80. The molecule has 37 heavy (non-hydrogen) atoms. The van der Waals surface area contributed by atoms with Crippen LogP contribution in [0.15, 0.2) is 52.2 Å². The second-order valence-corrected chi connectivity index (χ2v) is 10.5. The molecule has 0 unspecified atom stereocenters. The van der Waals surface area contributed by atoms with Gasteiger partial charge in [-0.2, -0.15) is 5.09 Å². The number of rotatable bonds is 10. The second-order valence-electron chi connectivity index (χ2n) is 8.76. The molecule has 0 spiro atoms. The Morgan fingerprint density at radius 1 is 1.24 bits per heavy atom. The van der Waals surface area contributed by atoms with Crippen LogP contribution in [0.25, 0.3) is 0 Å². The third-order valence-electron chi connectivity index (χ3n) is 5.37.